The molecule has 3 aliphatic rings. The molecule has 0 aliphatic carbocycles. The highest BCUT2D eigenvalue weighted by Crippen LogP contribution is 2.41. The molecule has 5 rings (SSSR count). The topological polar surface area (TPSA) is 54.8 Å². The molecule has 2 unspecified atom stereocenters. The molecule has 0 radical (unpaired) electrons. The summed E-state index contributed by atoms with van der Waals surface area (Å²) < 4.78 is 43.5. The van der Waals surface area contributed by atoms with Crippen molar-refractivity contribution in [3.63, 3.8) is 0 Å². The number of alkyl halides is 3. The summed E-state index contributed by atoms with van der Waals surface area (Å²) >= 11 is 0. The molecule has 1 aromatic heterocycles. The van der Waals surface area contributed by atoms with Crippen LogP contribution in [0.15, 0.2) is 41.2 Å². The van der Waals surface area contributed by atoms with Crippen molar-refractivity contribution in [1.29, 1.82) is 0 Å². The second-order valence-corrected chi connectivity index (χ2v) is 9.64. The summed E-state index contributed by atoms with van der Waals surface area (Å²) in [6, 6.07) is 9.62. The number of piperidine rings is 2. The Morgan fingerprint density at radius 1 is 1.00 bits per heavy atom. The van der Waals surface area contributed by atoms with Crippen molar-refractivity contribution in [1.82, 2.24) is 14.4 Å². The Labute approximate surface area is 195 Å². The summed E-state index contributed by atoms with van der Waals surface area (Å²) in [6.07, 6.45) is -1.83. The summed E-state index contributed by atoms with van der Waals surface area (Å²) in [7, 11) is 0. The molecule has 1 aromatic carbocycles. The lowest BCUT2D eigenvalue weighted by Gasteiger charge is -2.48. The van der Waals surface area contributed by atoms with Crippen LogP contribution in [-0.2, 0) is 11.3 Å². The third-order valence-corrected chi connectivity index (χ3v) is 7.44. The molecule has 2 saturated heterocycles. The SMILES string of the molecule is CC(=O)N1CCC(N2CC3CC(C2)c2c(-c4ccc(OC(F)(F)F)cc4)ccc(=O)n2C3)CC1. The number of nitrogens with zero attached hydrogens (tertiary/aromatic N) is 3. The molecule has 182 valence electrons. The zero-order chi connectivity index (χ0) is 24.0. The summed E-state index contributed by atoms with van der Waals surface area (Å²) in [5.41, 5.74) is 2.59. The number of fused-ring (bicyclic) bond motifs is 4. The van der Waals surface area contributed by atoms with Crippen LogP contribution in [0, 0.1) is 5.92 Å². The monoisotopic (exact) mass is 475 g/mol. The van der Waals surface area contributed by atoms with Crippen LogP contribution in [-0.4, -0.2) is 58.9 Å². The van der Waals surface area contributed by atoms with Gasteiger partial charge in [-0.25, -0.2) is 0 Å². The van der Waals surface area contributed by atoms with Crippen molar-refractivity contribution in [2.24, 2.45) is 5.92 Å². The average Bonchev–Trinajstić information content (AvgIpc) is 2.79. The minimum absolute atomic E-state index is 0.0336. The molecule has 3 aliphatic heterocycles. The minimum Gasteiger partial charge on any atom is -0.406 e. The van der Waals surface area contributed by atoms with E-state index in [1.54, 1.807) is 31.2 Å². The van der Waals surface area contributed by atoms with Gasteiger partial charge in [0.2, 0.25) is 5.91 Å². The van der Waals surface area contributed by atoms with Crippen LogP contribution in [0.4, 0.5) is 13.2 Å². The van der Waals surface area contributed by atoms with Gasteiger partial charge in [0.05, 0.1) is 0 Å². The van der Waals surface area contributed by atoms with E-state index in [0.717, 1.165) is 62.3 Å². The van der Waals surface area contributed by atoms with E-state index in [4.69, 9.17) is 0 Å². The fraction of sp³-hybridized carbons (Fsp3) is 0.520. The van der Waals surface area contributed by atoms with E-state index in [2.05, 4.69) is 9.64 Å². The molecule has 9 heteroatoms. The molecule has 0 saturated carbocycles. The number of halogens is 3. The number of likely N-dealkylation sites (tertiary alicyclic amines) is 2. The fourth-order valence-corrected chi connectivity index (χ4v) is 5.98. The Morgan fingerprint density at radius 2 is 1.71 bits per heavy atom. The smallest absolute Gasteiger partial charge is 0.406 e. The average molecular weight is 476 g/mol. The summed E-state index contributed by atoms with van der Waals surface area (Å²) in [6.45, 7) is 5.60. The van der Waals surface area contributed by atoms with Crippen LogP contribution in [0.2, 0.25) is 0 Å². The summed E-state index contributed by atoms with van der Waals surface area (Å²) in [5, 5.41) is 0. The van der Waals surface area contributed by atoms with E-state index in [9.17, 15) is 22.8 Å². The number of carbonyl (C=O) groups excluding carboxylic acids is 1. The largest absolute Gasteiger partial charge is 0.573 e. The van der Waals surface area contributed by atoms with E-state index < -0.39 is 6.36 Å². The van der Waals surface area contributed by atoms with Crippen molar-refractivity contribution in [3.8, 4) is 16.9 Å². The Morgan fingerprint density at radius 3 is 2.35 bits per heavy atom. The molecule has 4 heterocycles. The molecule has 6 nitrogen and oxygen atoms in total. The predicted octanol–water partition coefficient (Wildman–Crippen LogP) is 3.84. The first kappa shape index (κ1) is 23.0. The number of hydrogen-bond donors (Lipinski definition) is 0. The Bertz CT molecular complexity index is 1120. The van der Waals surface area contributed by atoms with Gasteiger partial charge in [0.25, 0.3) is 5.56 Å². The predicted molar refractivity (Wildman–Crippen MR) is 121 cm³/mol. The van der Waals surface area contributed by atoms with Crippen LogP contribution in [0.25, 0.3) is 11.1 Å². The van der Waals surface area contributed by atoms with Gasteiger partial charge in [0.15, 0.2) is 0 Å². The second kappa shape index (κ2) is 8.76. The number of hydrogen-bond acceptors (Lipinski definition) is 4. The lowest BCUT2D eigenvalue weighted by Crippen LogP contribution is -2.53. The van der Waals surface area contributed by atoms with Crippen molar-refractivity contribution in [3.05, 3.63) is 52.4 Å². The van der Waals surface area contributed by atoms with Gasteiger partial charge in [-0.2, -0.15) is 0 Å². The van der Waals surface area contributed by atoms with E-state index >= 15 is 0 Å². The number of amides is 1. The van der Waals surface area contributed by atoms with Gasteiger partial charge in [-0.3, -0.25) is 14.5 Å². The first-order valence-electron chi connectivity index (χ1n) is 11.8. The third-order valence-electron chi connectivity index (χ3n) is 7.44. The van der Waals surface area contributed by atoms with Crippen LogP contribution in [0.3, 0.4) is 0 Å². The molecule has 2 fully saturated rings. The number of carbonyl (C=O) groups is 1. The Kier molecular flexibility index (Phi) is 5.91. The molecule has 2 atom stereocenters. The molecule has 2 aromatic rings. The number of benzene rings is 1. The third kappa shape index (κ3) is 4.58. The van der Waals surface area contributed by atoms with Crippen LogP contribution >= 0.6 is 0 Å². The first-order valence-corrected chi connectivity index (χ1v) is 11.8. The Balaban J connectivity index is 1.41. The van der Waals surface area contributed by atoms with Crippen LogP contribution in [0.1, 0.15) is 37.8 Å². The number of ether oxygens (including phenoxy) is 1. The second-order valence-electron chi connectivity index (χ2n) is 9.64. The number of aromatic nitrogens is 1. The zero-order valence-corrected chi connectivity index (χ0v) is 19.1. The maximum atomic E-state index is 12.7. The molecule has 1 amide bonds. The Hall–Kier alpha value is -2.81. The van der Waals surface area contributed by atoms with Gasteiger partial charge in [0, 0.05) is 68.9 Å². The van der Waals surface area contributed by atoms with Gasteiger partial charge in [-0.05, 0) is 48.9 Å². The van der Waals surface area contributed by atoms with Gasteiger partial charge in [-0.1, -0.05) is 12.1 Å². The zero-order valence-electron chi connectivity index (χ0n) is 19.1. The van der Waals surface area contributed by atoms with E-state index in [-0.39, 0.29) is 23.1 Å². The van der Waals surface area contributed by atoms with Crippen molar-refractivity contribution < 1.29 is 22.7 Å². The molecule has 2 bridgehead atoms. The maximum absolute atomic E-state index is 12.7. The molecule has 0 spiro atoms. The molecule has 34 heavy (non-hydrogen) atoms. The van der Waals surface area contributed by atoms with Crippen molar-refractivity contribution in [2.45, 2.75) is 51.1 Å². The lowest BCUT2D eigenvalue weighted by atomic mass is 9.79. The van der Waals surface area contributed by atoms with Crippen molar-refractivity contribution in [2.75, 3.05) is 26.2 Å². The highest BCUT2D eigenvalue weighted by molar-refractivity contribution is 5.73. The standard InChI is InChI=1S/C25H28F3N3O3/c1-16(32)29-10-8-20(9-11-29)30-13-17-12-19(15-30)24-22(6-7-23(33)31(24)14-17)18-2-4-21(5-3-18)34-25(26,27)28/h2-7,17,19-20H,8-15H2,1H3. The first-order chi connectivity index (χ1) is 16.2. The molecular weight excluding hydrogens is 447 g/mol. The molecular formula is C25H28F3N3O3. The quantitative estimate of drug-likeness (QED) is 0.677. The number of rotatable bonds is 3. The minimum atomic E-state index is -4.73. The van der Waals surface area contributed by atoms with E-state index in [1.165, 1.54) is 12.1 Å². The van der Waals surface area contributed by atoms with Crippen molar-refractivity contribution >= 4 is 5.91 Å². The summed E-state index contributed by atoms with van der Waals surface area (Å²) in [4.78, 5) is 28.9. The highest BCUT2D eigenvalue weighted by Gasteiger charge is 2.39. The fourth-order valence-electron chi connectivity index (χ4n) is 5.98. The van der Waals surface area contributed by atoms with Gasteiger partial charge in [0.1, 0.15) is 5.75 Å². The lowest BCUT2D eigenvalue weighted by molar-refractivity contribution is -0.274. The molecule has 0 N–H and O–H groups in total. The van der Waals surface area contributed by atoms with Gasteiger partial charge < -0.3 is 14.2 Å². The summed E-state index contributed by atoms with van der Waals surface area (Å²) in [5.74, 6) is 0.415. The van der Waals surface area contributed by atoms with E-state index in [0.29, 0.717) is 18.5 Å². The van der Waals surface area contributed by atoms with Gasteiger partial charge >= 0.3 is 6.36 Å². The van der Waals surface area contributed by atoms with E-state index in [1.807, 2.05) is 9.47 Å². The highest BCUT2D eigenvalue weighted by atomic mass is 19.4. The van der Waals surface area contributed by atoms with Crippen LogP contribution < -0.4 is 10.3 Å². The maximum Gasteiger partial charge on any atom is 0.573 e. The van der Waals surface area contributed by atoms with Crippen LogP contribution in [0.5, 0.6) is 5.75 Å². The number of pyridine rings is 1. The normalized spacial score (nSPS) is 23.5. The van der Waals surface area contributed by atoms with Gasteiger partial charge in [-0.15, -0.1) is 13.2 Å².